The average molecular weight is 352 g/mol. The molecule has 0 spiro atoms. The highest BCUT2D eigenvalue weighted by Gasteiger charge is 2.43. The summed E-state index contributed by atoms with van der Waals surface area (Å²) in [7, 11) is 0. The standard InChI is InChI=1S/C19H20N4O3/c1-10-14-15(11-4-6-12(7-5-11)23(25)26)16-13(24)8-9-19(2,3)17(16)20-18(14)22-21-10/h4-7,15H,8-9H2,1-3H3,(H2,20,21,22). The van der Waals surface area contributed by atoms with Gasteiger partial charge in [0.15, 0.2) is 11.6 Å². The lowest BCUT2D eigenvalue weighted by Gasteiger charge is -2.40. The molecule has 0 saturated heterocycles. The number of Topliss-reactive ketones (excluding diaryl/α,β-unsaturated/α-hetero) is 1. The molecule has 1 aliphatic carbocycles. The number of hydrogen-bond acceptors (Lipinski definition) is 5. The fraction of sp³-hybridized carbons (Fsp3) is 0.368. The van der Waals surface area contributed by atoms with Gasteiger partial charge in [-0.3, -0.25) is 20.0 Å². The van der Waals surface area contributed by atoms with Crippen molar-refractivity contribution in [3.8, 4) is 0 Å². The monoisotopic (exact) mass is 352 g/mol. The summed E-state index contributed by atoms with van der Waals surface area (Å²) in [5.41, 5.74) is 4.23. The van der Waals surface area contributed by atoms with Gasteiger partial charge in [-0.2, -0.15) is 5.10 Å². The van der Waals surface area contributed by atoms with Crippen LogP contribution in [0.15, 0.2) is 35.5 Å². The van der Waals surface area contributed by atoms with Crippen molar-refractivity contribution in [2.75, 3.05) is 5.32 Å². The van der Waals surface area contributed by atoms with Crippen molar-refractivity contribution in [2.24, 2.45) is 5.41 Å². The van der Waals surface area contributed by atoms with Gasteiger partial charge in [0.25, 0.3) is 5.69 Å². The van der Waals surface area contributed by atoms with Crippen LogP contribution in [0.2, 0.25) is 0 Å². The van der Waals surface area contributed by atoms with Crippen LogP contribution in [0, 0.1) is 22.5 Å². The molecular formula is C19H20N4O3. The molecular weight excluding hydrogens is 332 g/mol. The molecule has 2 N–H and O–H groups in total. The number of H-pyrrole nitrogens is 1. The number of anilines is 1. The lowest BCUT2D eigenvalue weighted by Crippen LogP contribution is -2.35. The van der Waals surface area contributed by atoms with Crippen molar-refractivity contribution in [1.29, 1.82) is 0 Å². The molecule has 7 heteroatoms. The number of aromatic amines is 1. The van der Waals surface area contributed by atoms with E-state index in [9.17, 15) is 14.9 Å². The zero-order chi connectivity index (χ0) is 18.6. The molecule has 1 aromatic carbocycles. The van der Waals surface area contributed by atoms with E-state index in [4.69, 9.17) is 0 Å². The van der Waals surface area contributed by atoms with E-state index >= 15 is 0 Å². The quantitative estimate of drug-likeness (QED) is 0.632. The van der Waals surface area contributed by atoms with E-state index in [2.05, 4.69) is 29.4 Å². The number of nitrogens with one attached hydrogen (secondary N) is 2. The molecule has 0 bridgehead atoms. The van der Waals surface area contributed by atoms with Gasteiger partial charge in [-0.25, -0.2) is 0 Å². The van der Waals surface area contributed by atoms with E-state index in [0.29, 0.717) is 6.42 Å². The minimum Gasteiger partial charge on any atom is -0.341 e. The van der Waals surface area contributed by atoms with Gasteiger partial charge in [-0.1, -0.05) is 26.0 Å². The first kappa shape index (κ1) is 16.5. The Balaban J connectivity index is 1.94. The van der Waals surface area contributed by atoms with E-state index in [1.807, 2.05) is 6.92 Å². The molecule has 7 nitrogen and oxygen atoms in total. The number of nitro groups is 1. The Bertz CT molecular complexity index is 954. The first-order chi connectivity index (χ1) is 12.3. The van der Waals surface area contributed by atoms with E-state index in [1.54, 1.807) is 12.1 Å². The first-order valence-electron chi connectivity index (χ1n) is 8.63. The van der Waals surface area contributed by atoms with Gasteiger partial charge in [0, 0.05) is 52.4 Å². The van der Waals surface area contributed by atoms with Gasteiger partial charge in [-0.05, 0) is 18.9 Å². The normalized spacial score (nSPS) is 21.0. The van der Waals surface area contributed by atoms with Crippen LogP contribution in [0.25, 0.3) is 0 Å². The SMILES string of the molecule is Cc1[nH]nc2c1C(c1ccc([N+](=O)[O-])cc1)C1=C(N2)C(C)(C)CCC1=O. The van der Waals surface area contributed by atoms with Crippen LogP contribution < -0.4 is 5.32 Å². The number of aryl methyl sites for hydroxylation is 1. The lowest BCUT2D eigenvalue weighted by atomic mass is 9.68. The number of non-ortho nitro benzene ring substituents is 1. The summed E-state index contributed by atoms with van der Waals surface area (Å²) in [6.07, 6.45) is 1.28. The van der Waals surface area contributed by atoms with Gasteiger partial charge in [0.05, 0.1) is 4.92 Å². The smallest absolute Gasteiger partial charge is 0.269 e. The van der Waals surface area contributed by atoms with Crippen LogP contribution in [0.3, 0.4) is 0 Å². The van der Waals surface area contributed by atoms with Gasteiger partial charge in [0.2, 0.25) is 0 Å². The third-order valence-electron chi connectivity index (χ3n) is 5.48. The second-order valence-corrected chi connectivity index (χ2v) is 7.61. The Hall–Kier alpha value is -2.96. The fourth-order valence-corrected chi connectivity index (χ4v) is 4.00. The Labute approximate surface area is 150 Å². The van der Waals surface area contributed by atoms with E-state index < -0.39 is 4.92 Å². The summed E-state index contributed by atoms with van der Waals surface area (Å²) in [5.74, 6) is 0.585. The fourth-order valence-electron chi connectivity index (χ4n) is 4.00. The minimum absolute atomic E-state index is 0.0383. The molecule has 1 unspecified atom stereocenters. The third-order valence-corrected chi connectivity index (χ3v) is 5.48. The van der Waals surface area contributed by atoms with Crippen LogP contribution in [-0.2, 0) is 4.79 Å². The highest BCUT2D eigenvalue weighted by Crippen LogP contribution is 2.50. The van der Waals surface area contributed by atoms with Gasteiger partial charge < -0.3 is 5.32 Å². The minimum atomic E-state index is -0.416. The van der Waals surface area contributed by atoms with Crippen molar-refractivity contribution < 1.29 is 9.72 Å². The Morgan fingerprint density at radius 2 is 1.96 bits per heavy atom. The summed E-state index contributed by atoms with van der Waals surface area (Å²) in [6, 6.07) is 6.46. The van der Waals surface area contributed by atoms with Crippen LogP contribution in [-0.4, -0.2) is 20.9 Å². The van der Waals surface area contributed by atoms with Crippen LogP contribution in [0.1, 0.15) is 49.4 Å². The van der Waals surface area contributed by atoms with Gasteiger partial charge in [0.1, 0.15) is 0 Å². The summed E-state index contributed by atoms with van der Waals surface area (Å²) >= 11 is 0. The highest BCUT2D eigenvalue weighted by molar-refractivity contribution is 6.01. The predicted octanol–water partition coefficient (Wildman–Crippen LogP) is 3.83. The highest BCUT2D eigenvalue weighted by atomic mass is 16.6. The molecule has 0 fully saturated rings. The van der Waals surface area contributed by atoms with Gasteiger partial charge in [-0.15, -0.1) is 0 Å². The molecule has 1 aromatic heterocycles. The number of rotatable bonds is 2. The maximum atomic E-state index is 12.9. The molecule has 134 valence electrons. The number of nitrogens with zero attached hydrogens (tertiary/aromatic N) is 2. The zero-order valence-corrected chi connectivity index (χ0v) is 14.9. The molecule has 26 heavy (non-hydrogen) atoms. The number of carbonyl (C=O) groups excluding carboxylic acids is 1. The molecule has 0 radical (unpaired) electrons. The predicted molar refractivity (Wildman–Crippen MR) is 96.9 cm³/mol. The molecule has 2 heterocycles. The summed E-state index contributed by atoms with van der Waals surface area (Å²) in [5, 5.41) is 21.7. The number of benzene rings is 1. The first-order valence-corrected chi connectivity index (χ1v) is 8.63. The van der Waals surface area contributed by atoms with E-state index in [-0.39, 0.29) is 22.8 Å². The third kappa shape index (κ3) is 2.34. The second kappa shape index (κ2) is 5.52. The summed E-state index contributed by atoms with van der Waals surface area (Å²) < 4.78 is 0. The zero-order valence-electron chi connectivity index (χ0n) is 14.9. The molecule has 0 saturated carbocycles. The largest absolute Gasteiger partial charge is 0.341 e. The molecule has 1 aliphatic heterocycles. The molecule has 2 aliphatic rings. The molecule has 4 rings (SSSR count). The van der Waals surface area contributed by atoms with Crippen LogP contribution in [0.5, 0.6) is 0 Å². The maximum Gasteiger partial charge on any atom is 0.269 e. The average Bonchev–Trinajstić information content (AvgIpc) is 2.98. The van der Waals surface area contributed by atoms with Crippen molar-refractivity contribution in [3.63, 3.8) is 0 Å². The molecule has 1 atom stereocenters. The number of carbonyl (C=O) groups is 1. The number of ketones is 1. The Kier molecular flexibility index (Phi) is 3.50. The van der Waals surface area contributed by atoms with Gasteiger partial charge >= 0.3 is 0 Å². The van der Waals surface area contributed by atoms with Crippen LogP contribution in [0.4, 0.5) is 11.5 Å². The lowest BCUT2D eigenvalue weighted by molar-refractivity contribution is -0.384. The number of hydrogen-bond donors (Lipinski definition) is 2. The van der Waals surface area contributed by atoms with Crippen molar-refractivity contribution in [2.45, 2.75) is 39.5 Å². The maximum absolute atomic E-state index is 12.9. The molecule has 0 amide bonds. The number of allylic oxidation sites excluding steroid dienone is 2. The topological polar surface area (TPSA) is 101 Å². The van der Waals surface area contributed by atoms with Crippen molar-refractivity contribution >= 4 is 17.3 Å². The number of nitro benzene ring substituents is 1. The van der Waals surface area contributed by atoms with Crippen molar-refractivity contribution in [3.05, 3.63) is 62.5 Å². The number of fused-ring (bicyclic) bond motifs is 1. The summed E-state index contributed by atoms with van der Waals surface area (Å²) in [4.78, 5) is 23.4. The Morgan fingerprint density at radius 1 is 1.27 bits per heavy atom. The van der Waals surface area contributed by atoms with Crippen molar-refractivity contribution in [1.82, 2.24) is 10.2 Å². The molecule has 2 aromatic rings. The Morgan fingerprint density at radius 3 is 2.62 bits per heavy atom. The van der Waals surface area contributed by atoms with E-state index in [0.717, 1.165) is 40.3 Å². The summed E-state index contributed by atoms with van der Waals surface area (Å²) in [6.45, 7) is 6.17. The van der Waals surface area contributed by atoms with E-state index in [1.165, 1.54) is 12.1 Å². The van der Waals surface area contributed by atoms with Crippen LogP contribution >= 0.6 is 0 Å². The number of aromatic nitrogens is 2. The second-order valence-electron chi connectivity index (χ2n) is 7.61.